The second-order valence-corrected chi connectivity index (χ2v) is 5.51. The van der Waals surface area contributed by atoms with Gasteiger partial charge < -0.3 is 5.32 Å². The van der Waals surface area contributed by atoms with Crippen molar-refractivity contribution in [3.05, 3.63) is 72.7 Å². The molecular formula is C17H14N8O. The van der Waals surface area contributed by atoms with Crippen molar-refractivity contribution < 1.29 is 4.79 Å². The van der Waals surface area contributed by atoms with Crippen LogP contribution in [-0.2, 0) is 0 Å². The van der Waals surface area contributed by atoms with Gasteiger partial charge in [0, 0.05) is 18.0 Å². The maximum atomic E-state index is 12.5. The Kier molecular flexibility index (Phi) is 3.94. The summed E-state index contributed by atoms with van der Waals surface area (Å²) in [6.45, 7) is 1.90. The van der Waals surface area contributed by atoms with Crippen molar-refractivity contribution in [3.8, 4) is 11.5 Å². The lowest BCUT2D eigenvalue weighted by atomic mass is 10.2. The van der Waals surface area contributed by atoms with Gasteiger partial charge >= 0.3 is 0 Å². The van der Waals surface area contributed by atoms with Crippen molar-refractivity contribution in [2.24, 2.45) is 0 Å². The summed E-state index contributed by atoms with van der Waals surface area (Å²) < 4.78 is 3.35. The number of rotatable bonds is 4. The summed E-state index contributed by atoms with van der Waals surface area (Å²) in [5.74, 6) is 1.33. The highest BCUT2D eigenvalue weighted by atomic mass is 16.1. The molecule has 0 aliphatic rings. The molecule has 0 fully saturated rings. The van der Waals surface area contributed by atoms with Gasteiger partial charge in [0.1, 0.15) is 18.0 Å². The molecule has 3 heterocycles. The minimum absolute atomic E-state index is 0.242. The van der Waals surface area contributed by atoms with Gasteiger partial charge in [-0.3, -0.25) is 9.36 Å². The van der Waals surface area contributed by atoms with E-state index in [0.717, 1.165) is 11.6 Å². The van der Waals surface area contributed by atoms with Crippen molar-refractivity contribution in [3.63, 3.8) is 0 Å². The number of benzene rings is 1. The van der Waals surface area contributed by atoms with Gasteiger partial charge in [0.05, 0.1) is 17.6 Å². The second-order valence-electron chi connectivity index (χ2n) is 5.51. The summed E-state index contributed by atoms with van der Waals surface area (Å²) in [6, 6.07) is 10.6. The molecule has 0 unspecified atom stereocenters. The van der Waals surface area contributed by atoms with Crippen molar-refractivity contribution in [2.45, 2.75) is 6.92 Å². The lowest BCUT2D eigenvalue weighted by Crippen LogP contribution is -2.13. The van der Waals surface area contributed by atoms with Gasteiger partial charge in [0.25, 0.3) is 5.91 Å². The molecule has 0 aliphatic carbocycles. The number of amides is 1. The molecule has 4 rings (SSSR count). The lowest BCUT2D eigenvalue weighted by molar-refractivity contribution is 0.102. The van der Waals surface area contributed by atoms with E-state index >= 15 is 0 Å². The van der Waals surface area contributed by atoms with E-state index < -0.39 is 0 Å². The Morgan fingerprint density at radius 3 is 2.77 bits per heavy atom. The van der Waals surface area contributed by atoms with Gasteiger partial charge in [0.15, 0.2) is 0 Å². The van der Waals surface area contributed by atoms with Crippen LogP contribution in [0.1, 0.15) is 16.2 Å². The Hall–Kier alpha value is -3.88. The van der Waals surface area contributed by atoms with Crippen LogP contribution in [-0.4, -0.2) is 40.6 Å². The molecule has 0 radical (unpaired) electrons. The summed E-state index contributed by atoms with van der Waals surface area (Å²) >= 11 is 0. The molecule has 9 nitrogen and oxygen atoms in total. The van der Waals surface area contributed by atoms with E-state index in [0.29, 0.717) is 16.9 Å². The molecule has 3 aromatic heterocycles. The Bertz CT molecular complexity index is 1040. The number of hydrogen-bond donors (Lipinski definition) is 1. The number of aromatic nitrogens is 7. The highest BCUT2D eigenvalue weighted by molar-refractivity contribution is 6.04. The lowest BCUT2D eigenvalue weighted by Gasteiger charge is -2.08. The van der Waals surface area contributed by atoms with Crippen LogP contribution in [0.4, 0.5) is 5.69 Å². The molecule has 0 saturated carbocycles. The van der Waals surface area contributed by atoms with Crippen LogP contribution in [0.2, 0.25) is 0 Å². The summed E-state index contributed by atoms with van der Waals surface area (Å²) in [6.07, 6.45) is 6.63. The molecule has 128 valence electrons. The number of nitrogens with zero attached hydrogens (tertiary/aromatic N) is 7. The zero-order valence-corrected chi connectivity index (χ0v) is 13.8. The first-order valence-corrected chi connectivity index (χ1v) is 7.82. The van der Waals surface area contributed by atoms with Crippen LogP contribution < -0.4 is 5.32 Å². The van der Waals surface area contributed by atoms with Gasteiger partial charge in [-0.15, -0.1) is 5.10 Å². The van der Waals surface area contributed by atoms with Gasteiger partial charge in [-0.25, -0.2) is 14.6 Å². The van der Waals surface area contributed by atoms with E-state index in [1.807, 2.05) is 29.8 Å². The second kappa shape index (κ2) is 6.55. The van der Waals surface area contributed by atoms with Crippen molar-refractivity contribution >= 4 is 11.6 Å². The smallest absolute Gasteiger partial charge is 0.255 e. The Labute approximate surface area is 148 Å². The SMILES string of the molecule is Cc1nccn1-c1ccc(NC(=O)c2cccc(-n3cnnn3)c2)cn1. The fourth-order valence-electron chi connectivity index (χ4n) is 2.50. The quantitative estimate of drug-likeness (QED) is 0.604. The fourth-order valence-corrected chi connectivity index (χ4v) is 2.50. The van der Waals surface area contributed by atoms with Crippen molar-refractivity contribution in [1.82, 2.24) is 34.7 Å². The first-order valence-electron chi connectivity index (χ1n) is 7.82. The predicted octanol–water partition coefficient (Wildman–Crippen LogP) is 1.80. The van der Waals surface area contributed by atoms with E-state index in [1.54, 1.807) is 36.7 Å². The third-order valence-corrected chi connectivity index (χ3v) is 3.80. The van der Waals surface area contributed by atoms with Crippen LogP contribution in [0.25, 0.3) is 11.5 Å². The van der Waals surface area contributed by atoms with E-state index in [9.17, 15) is 4.79 Å². The summed E-state index contributed by atoms with van der Waals surface area (Å²) in [4.78, 5) is 21.0. The standard InChI is InChI=1S/C17H14N8O/c1-12-18-7-8-24(12)16-6-5-14(10-19-16)21-17(26)13-3-2-4-15(9-13)25-11-20-22-23-25/h2-11H,1H3,(H,21,26). The first-order chi connectivity index (χ1) is 12.7. The van der Waals surface area contributed by atoms with Gasteiger partial charge in [-0.1, -0.05) is 6.07 Å². The molecule has 0 atom stereocenters. The van der Waals surface area contributed by atoms with Gasteiger partial charge in [0.2, 0.25) is 0 Å². The van der Waals surface area contributed by atoms with Crippen LogP contribution in [0.15, 0.2) is 61.3 Å². The molecule has 0 saturated heterocycles. The van der Waals surface area contributed by atoms with Crippen LogP contribution in [0.3, 0.4) is 0 Å². The molecule has 4 aromatic rings. The monoisotopic (exact) mass is 346 g/mol. The number of carbonyl (C=O) groups is 1. The molecule has 1 aromatic carbocycles. The molecular weight excluding hydrogens is 332 g/mol. The number of tetrazole rings is 1. The zero-order chi connectivity index (χ0) is 17.9. The van der Waals surface area contributed by atoms with Crippen LogP contribution >= 0.6 is 0 Å². The Morgan fingerprint density at radius 2 is 2.08 bits per heavy atom. The maximum Gasteiger partial charge on any atom is 0.255 e. The predicted molar refractivity (Wildman–Crippen MR) is 93.2 cm³/mol. The normalized spacial score (nSPS) is 10.7. The average Bonchev–Trinajstić information content (AvgIpc) is 3.34. The number of hydrogen-bond acceptors (Lipinski definition) is 6. The minimum atomic E-state index is -0.242. The molecule has 0 spiro atoms. The van der Waals surface area contributed by atoms with Crippen LogP contribution in [0, 0.1) is 6.92 Å². The number of aryl methyl sites for hydroxylation is 1. The van der Waals surface area contributed by atoms with E-state index in [1.165, 1.54) is 11.0 Å². The minimum Gasteiger partial charge on any atom is -0.321 e. The van der Waals surface area contributed by atoms with Gasteiger partial charge in [-0.05, 0) is 47.7 Å². The summed E-state index contributed by atoms with van der Waals surface area (Å²) in [5, 5.41) is 13.8. The Morgan fingerprint density at radius 1 is 1.15 bits per heavy atom. The fraction of sp³-hybridized carbons (Fsp3) is 0.0588. The first kappa shape index (κ1) is 15.6. The third kappa shape index (κ3) is 3.05. The molecule has 9 heteroatoms. The number of pyridine rings is 1. The topological polar surface area (TPSA) is 103 Å². The highest BCUT2D eigenvalue weighted by Gasteiger charge is 2.09. The average molecular weight is 346 g/mol. The summed E-state index contributed by atoms with van der Waals surface area (Å²) in [5.41, 5.74) is 1.79. The molecule has 0 bridgehead atoms. The number of anilines is 1. The summed E-state index contributed by atoms with van der Waals surface area (Å²) in [7, 11) is 0. The van der Waals surface area contributed by atoms with E-state index in [-0.39, 0.29) is 5.91 Å². The number of nitrogens with one attached hydrogen (secondary N) is 1. The largest absolute Gasteiger partial charge is 0.321 e. The highest BCUT2D eigenvalue weighted by Crippen LogP contribution is 2.14. The number of carbonyl (C=O) groups excluding carboxylic acids is 1. The molecule has 1 amide bonds. The molecule has 26 heavy (non-hydrogen) atoms. The van der Waals surface area contributed by atoms with Crippen molar-refractivity contribution in [2.75, 3.05) is 5.32 Å². The zero-order valence-electron chi connectivity index (χ0n) is 13.8. The maximum absolute atomic E-state index is 12.5. The van der Waals surface area contributed by atoms with Gasteiger partial charge in [-0.2, -0.15) is 0 Å². The third-order valence-electron chi connectivity index (χ3n) is 3.80. The van der Waals surface area contributed by atoms with Crippen molar-refractivity contribution in [1.29, 1.82) is 0 Å². The van der Waals surface area contributed by atoms with E-state index in [2.05, 4.69) is 30.8 Å². The number of imidazole rings is 1. The molecule has 1 N–H and O–H groups in total. The van der Waals surface area contributed by atoms with E-state index in [4.69, 9.17) is 0 Å². The molecule has 0 aliphatic heterocycles. The van der Waals surface area contributed by atoms with Crippen LogP contribution in [0.5, 0.6) is 0 Å². The Balaban J connectivity index is 1.52.